The van der Waals surface area contributed by atoms with Gasteiger partial charge in [0, 0.05) is 70.2 Å². The molecule has 6 nitrogen and oxygen atoms in total. The van der Waals surface area contributed by atoms with Crippen LogP contribution in [0.5, 0.6) is 0 Å². The molecule has 0 unspecified atom stereocenters. The first-order chi connectivity index (χ1) is 19.8. The van der Waals surface area contributed by atoms with Crippen LogP contribution in [0.4, 0.5) is 22.7 Å². The van der Waals surface area contributed by atoms with Crippen molar-refractivity contribution in [1.29, 1.82) is 0 Å². The Labute approximate surface area is 248 Å². The number of nitrogens with zero attached hydrogens (tertiary/aromatic N) is 2. The minimum absolute atomic E-state index is 0.0397. The van der Waals surface area contributed by atoms with Crippen molar-refractivity contribution in [3.05, 3.63) is 71.8 Å². The van der Waals surface area contributed by atoms with Crippen LogP contribution < -0.4 is 21.3 Å². The lowest BCUT2D eigenvalue weighted by molar-refractivity contribution is -0.204. The van der Waals surface area contributed by atoms with E-state index in [1.54, 1.807) is 0 Å². The van der Waals surface area contributed by atoms with E-state index in [4.69, 9.17) is 34.7 Å². The SMILES string of the molecule is Nc1cc2c(c3ccccc13)[C@H](CCl)CN2C(=O)C12CC(C(=O)N3C[C@@H](CCl)c4c3cc(N)c3ccccc43)(C1)C2. The standard InChI is InChI=1S/C33H30Cl2N4O2/c34-11-18-13-38(26-9-24(36)20-5-1-3-7-22(20)28(18)26)30(40)32-15-33(16-32,17-32)31(41)39-14-19(12-35)29-23-8-4-2-6-21(23)25(37)10-27(29)39/h1-10,18-19H,11-17,36-37H2/t18-,19-,32?,33?/m1/s1. The molecule has 0 saturated heterocycles. The van der Waals surface area contributed by atoms with Gasteiger partial charge in [0.15, 0.2) is 0 Å². The number of nitrogen functional groups attached to an aromatic ring is 2. The Balaban J connectivity index is 1.08. The summed E-state index contributed by atoms with van der Waals surface area (Å²) in [5.74, 6) is 1.11. The number of amides is 2. The maximum absolute atomic E-state index is 14.1. The number of carbonyl (C=O) groups is 2. The summed E-state index contributed by atoms with van der Waals surface area (Å²) in [6.07, 6.45) is 1.70. The van der Waals surface area contributed by atoms with Gasteiger partial charge >= 0.3 is 0 Å². The van der Waals surface area contributed by atoms with E-state index in [9.17, 15) is 9.59 Å². The number of anilines is 4. The summed E-state index contributed by atoms with van der Waals surface area (Å²) in [6.45, 7) is 1.08. The Bertz CT molecular complexity index is 1670. The summed E-state index contributed by atoms with van der Waals surface area (Å²) >= 11 is 12.9. The molecule has 3 aliphatic carbocycles. The zero-order chi connectivity index (χ0) is 28.3. The Hall–Kier alpha value is -3.48. The highest BCUT2D eigenvalue weighted by molar-refractivity contribution is 6.20. The summed E-state index contributed by atoms with van der Waals surface area (Å²) in [5.41, 5.74) is 17.1. The maximum atomic E-state index is 14.1. The normalized spacial score (nSPS) is 27.5. The van der Waals surface area contributed by atoms with Crippen molar-refractivity contribution in [3.8, 4) is 0 Å². The summed E-state index contributed by atoms with van der Waals surface area (Å²) in [4.78, 5) is 32.0. The van der Waals surface area contributed by atoms with E-state index in [-0.39, 0.29) is 23.7 Å². The second-order valence-corrected chi connectivity index (χ2v) is 13.1. The molecule has 4 N–H and O–H groups in total. The van der Waals surface area contributed by atoms with Gasteiger partial charge in [0.2, 0.25) is 11.8 Å². The van der Waals surface area contributed by atoms with Gasteiger partial charge in [-0.1, -0.05) is 48.5 Å². The number of rotatable bonds is 4. The van der Waals surface area contributed by atoms with Crippen LogP contribution in [0.1, 0.15) is 42.2 Å². The zero-order valence-electron chi connectivity index (χ0n) is 22.5. The number of nitrogens with two attached hydrogens (primary N) is 2. The summed E-state index contributed by atoms with van der Waals surface area (Å²) in [7, 11) is 0. The molecule has 9 rings (SSSR count). The fraction of sp³-hybridized carbons (Fsp3) is 0.333. The Morgan fingerprint density at radius 2 is 1.05 bits per heavy atom. The molecular weight excluding hydrogens is 555 g/mol. The van der Waals surface area contributed by atoms with E-state index in [0.29, 0.717) is 55.5 Å². The molecule has 2 heterocycles. The van der Waals surface area contributed by atoms with Gasteiger partial charge in [-0.25, -0.2) is 0 Å². The number of hydrogen-bond acceptors (Lipinski definition) is 4. The van der Waals surface area contributed by atoms with Gasteiger partial charge in [0.1, 0.15) is 0 Å². The molecule has 4 aromatic rings. The first kappa shape index (κ1) is 25.2. The van der Waals surface area contributed by atoms with E-state index in [0.717, 1.165) is 44.0 Å². The van der Waals surface area contributed by atoms with Crippen molar-refractivity contribution >= 4 is 79.3 Å². The van der Waals surface area contributed by atoms with Crippen molar-refractivity contribution in [2.45, 2.75) is 31.1 Å². The predicted molar refractivity (Wildman–Crippen MR) is 167 cm³/mol. The molecule has 3 saturated carbocycles. The minimum Gasteiger partial charge on any atom is -0.398 e. The molecule has 2 bridgehead atoms. The van der Waals surface area contributed by atoms with Crippen LogP contribution in [0.3, 0.4) is 0 Å². The average Bonchev–Trinajstić information content (AvgIpc) is 3.50. The van der Waals surface area contributed by atoms with Crippen LogP contribution in [-0.2, 0) is 9.59 Å². The van der Waals surface area contributed by atoms with Crippen LogP contribution in [0.2, 0.25) is 0 Å². The summed E-state index contributed by atoms with van der Waals surface area (Å²) in [6, 6.07) is 19.9. The third kappa shape index (κ3) is 3.21. The maximum Gasteiger partial charge on any atom is 0.233 e. The lowest BCUT2D eigenvalue weighted by atomic mass is 9.34. The molecule has 0 aromatic heterocycles. The van der Waals surface area contributed by atoms with E-state index in [1.807, 2.05) is 58.3 Å². The molecule has 0 spiro atoms. The average molecular weight is 586 g/mol. The quantitative estimate of drug-likeness (QED) is 0.215. The third-order valence-corrected chi connectivity index (χ3v) is 10.9. The fourth-order valence-corrected chi connectivity index (χ4v) is 8.90. The van der Waals surface area contributed by atoms with E-state index < -0.39 is 10.8 Å². The fourth-order valence-electron chi connectivity index (χ4n) is 8.40. The predicted octanol–water partition coefficient (Wildman–Crippen LogP) is 6.37. The molecule has 208 valence electrons. The van der Waals surface area contributed by atoms with Gasteiger partial charge in [0.05, 0.1) is 10.8 Å². The summed E-state index contributed by atoms with van der Waals surface area (Å²) in [5, 5.41) is 4.09. The monoisotopic (exact) mass is 584 g/mol. The third-order valence-electron chi connectivity index (χ3n) is 10.2. The highest BCUT2D eigenvalue weighted by atomic mass is 35.5. The van der Waals surface area contributed by atoms with Gasteiger partial charge in [0.25, 0.3) is 0 Å². The number of alkyl halides is 2. The Kier molecular flexibility index (Phi) is 5.25. The number of hydrogen-bond donors (Lipinski definition) is 2. The van der Waals surface area contributed by atoms with E-state index in [2.05, 4.69) is 12.1 Å². The largest absolute Gasteiger partial charge is 0.398 e. The Morgan fingerprint density at radius 1 is 0.683 bits per heavy atom. The van der Waals surface area contributed by atoms with E-state index >= 15 is 0 Å². The first-order valence-corrected chi connectivity index (χ1v) is 15.3. The second kappa shape index (κ2) is 8.52. The highest BCUT2D eigenvalue weighted by Crippen LogP contribution is 2.75. The molecular formula is C33H30Cl2N4O2. The summed E-state index contributed by atoms with van der Waals surface area (Å²) < 4.78 is 0. The number of carbonyl (C=O) groups excluding carboxylic acids is 2. The van der Waals surface area contributed by atoms with Crippen LogP contribution >= 0.6 is 23.2 Å². The molecule has 8 heteroatoms. The lowest BCUT2D eigenvalue weighted by Crippen LogP contribution is -2.73. The molecule has 4 aromatic carbocycles. The van der Waals surface area contributed by atoms with E-state index in [1.165, 1.54) is 0 Å². The van der Waals surface area contributed by atoms with Gasteiger partial charge < -0.3 is 21.3 Å². The lowest BCUT2D eigenvalue weighted by Gasteiger charge is -2.69. The topological polar surface area (TPSA) is 92.7 Å². The van der Waals surface area contributed by atoms with Gasteiger partial charge in [-0.2, -0.15) is 0 Å². The van der Waals surface area contributed by atoms with Gasteiger partial charge in [-0.3, -0.25) is 9.59 Å². The number of fused-ring (bicyclic) bond motifs is 6. The van der Waals surface area contributed by atoms with Crippen LogP contribution in [0, 0.1) is 10.8 Å². The minimum atomic E-state index is -0.509. The second-order valence-electron chi connectivity index (χ2n) is 12.5. The van der Waals surface area contributed by atoms with Crippen molar-refractivity contribution in [3.63, 3.8) is 0 Å². The molecule has 2 aliphatic heterocycles. The van der Waals surface area contributed by atoms with Gasteiger partial charge in [-0.05, 0) is 53.3 Å². The van der Waals surface area contributed by atoms with Crippen molar-refractivity contribution in [2.75, 3.05) is 46.1 Å². The molecule has 41 heavy (non-hydrogen) atoms. The van der Waals surface area contributed by atoms with Crippen molar-refractivity contribution in [1.82, 2.24) is 0 Å². The number of benzene rings is 4. The zero-order valence-corrected chi connectivity index (χ0v) is 24.0. The molecule has 5 aliphatic rings. The molecule has 2 amide bonds. The van der Waals surface area contributed by atoms with Crippen molar-refractivity contribution < 1.29 is 9.59 Å². The Morgan fingerprint density at radius 3 is 1.41 bits per heavy atom. The number of halogens is 2. The van der Waals surface area contributed by atoms with Crippen LogP contribution in [0.15, 0.2) is 60.7 Å². The van der Waals surface area contributed by atoms with Crippen LogP contribution in [0.25, 0.3) is 21.5 Å². The highest BCUT2D eigenvalue weighted by Gasteiger charge is 2.76. The molecule has 2 atom stereocenters. The van der Waals surface area contributed by atoms with Crippen LogP contribution in [-0.4, -0.2) is 36.7 Å². The molecule has 0 radical (unpaired) electrons. The van der Waals surface area contributed by atoms with Crippen molar-refractivity contribution in [2.24, 2.45) is 10.8 Å². The smallest absolute Gasteiger partial charge is 0.233 e. The van der Waals surface area contributed by atoms with Gasteiger partial charge in [-0.15, -0.1) is 23.2 Å². The first-order valence-electron chi connectivity index (χ1n) is 14.2. The molecule has 3 fully saturated rings.